The third-order valence-corrected chi connectivity index (χ3v) is 6.32. The van der Waals surface area contributed by atoms with Crippen molar-refractivity contribution >= 4 is 5.91 Å². The van der Waals surface area contributed by atoms with E-state index in [9.17, 15) is 9.18 Å². The Balaban J connectivity index is 1.39. The van der Waals surface area contributed by atoms with Gasteiger partial charge in [-0.25, -0.2) is 4.39 Å². The highest BCUT2D eigenvalue weighted by atomic mass is 19.1. The summed E-state index contributed by atoms with van der Waals surface area (Å²) in [5.41, 5.74) is 2.62. The van der Waals surface area contributed by atoms with Gasteiger partial charge in [0, 0.05) is 30.0 Å². The van der Waals surface area contributed by atoms with Crippen LogP contribution in [0.15, 0.2) is 28.8 Å². The highest BCUT2D eigenvalue weighted by molar-refractivity contribution is 5.83. The molecule has 1 aromatic heterocycles. The van der Waals surface area contributed by atoms with Gasteiger partial charge in [0.1, 0.15) is 17.3 Å². The Morgan fingerprint density at radius 1 is 1.32 bits per heavy atom. The van der Waals surface area contributed by atoms with Crippen molar-refractivity contribution in [3.63, 3.8) is 0 Å². The van der Waals surface area contributed by atoms with Crippen LogP contribution in [-0.2, 0) is 17.8 Å². The number of halogens is 1. The SMILES string of the molecule is O=C(C1CC12CCCC2)N1CCc2onc(-c3cccc(F)c3)c2C1. The van der Waals surface area contributed by atoms with E-state index in [0.717, 1.165) is 17.7 Å². The van der Waals surface area contributed by atoms with Crippen molar-refractivity contribution in [2.75, 3.05) is 6.54 Å². The third-order valence-electron chi connectivity index (χ3n) is 6.32. The minimum Gasteiger partial charge on any atom is -0.360 e. The summed E-state index contributed by atoms with van der Waals surface area (Å²) in [4.78, 5) is 14.9. The van der Waals surface area contributed by atoms with Crippen LogP contribution < -0.4 is 0 Å². The first kappa shape index (κ1) is 15.1. The zero-order chi connectivity index (χ0) is 17.0. The molecule has 1 unspecified atom stereocenters. The molecule has 0 saturated heterocycles. The molecule has 1 aromatic carbocycles. The molecule has 2 saturated carbocycles. The lowest BCUT2D eigenvalue weighted by Gasteiger charge is -2.27. The van der Waals surface area contributed by atoms with Gasteiger partial charge in [0.25, 0.3) is 0 Å². The average Bonchev–Trinajstić information content (AvgIpc) is 2.95. The fourth-order valence-electron chi connectivity index (χ4n) is 4.81. The van der Waals surface area contributed by atoms with Gasteiger partial charge in [0.05, 0.1) is 6.54 Å². The summed E-state index contributed by atoms with van der Waals surface area (Å²) in [6, 6.07) is 6.38. The predicted octanol–water partition coefficient (Wildman–Crippen LogP) is 3.95. The minimum atomic E-state index is -0.292. The number of nitrogens with zero attached hydrogens (tertiary/aromatic N) is 2. The molecule has 0 N–H and O–H groups in total. The normalized spacial score (nSPS) is 23.7. The smallest absolute Gasteiger partial charge is 0.226 e. The molecule has 2 aliphatic carbocycles. The molecule has 0 bridgehead atoms. The largest absolute Gasteiger partial charge is 0.360 e. The lowest BCUT2D eigenvalue weighted by atomic mass is 9.99. The zero-order valence-corrected chi connectivity index (χ0v) is 14.1. The molecular weight excluding hydrogens is 319 g/mol. The van der Waals surface area contributed by atoms with Crippen LogP contribution in [0.1, 0.15) is 43.4 Å². The maximum atomic E-state index is 13.6. The molecule has 1 aliphatic heterocycles. The van der Waals surface area contributed by atoms with E-state index in [1.807, 2.05) is 11.0 Å². The summed E-state index contributed by atoms with van der Waals surface area (Å²) in [5.74, 6) is 1.04. The van der Waals surface area contributed by atoms with Crippen molar-refractivity contribution < 1.29 is 13.7 Å². The summed E-state index contributed by atoms with van der Waals surface area (Å²) in [5, 5.41) is 4.15. The van der Waals surface area contributed by atoms with Crippen LogP contribution in [0.2, 0.25) is 0 Å². The highest BCUT2D eigenvalue weighted by Crippen LogP contribution is 2.63. The highest BCUT2D eigenvalue weighted by Gasteiger charge is 2.59. The van der Waals surface area contributed by atoms with E-state index in [1.165, 1.54) is 37.8 Å². The summed E-state index contributed by atoms with van der Waals surface area (Å²) >= 11 is 0. The van der Waals surface area contributed by atoms with Crippen LogP contribution in [0.25, 0.3) is 11.3 Å². The van der Waals surface area contributed by atoms with Crippen molar-refractivity contribution in [2.45, 2.75) is 45.1 Å². The summed E-state index contributed by atoms with van der Waals surface area (Å²) in [7, 11) is 0. The number of aromatic nitrogens is 1. The molecule has 1 atom stereocenters. The second-order valence-corrected chi connectivity index (χ2v) is 7.78. The van der Waals surface area contributed by atoms with E-state index >= 15 is 0 Å². The predicted molar refractivity (Wildman–Crippen MR) is 90.0 cm³/mol. The Morgan fingerprint density at radius 2 is 2.16 bits per heavy atom. The van der Waals surface area contributed by atoms with Gasteiger partial charge in [0.2, 0.25) is 5.91 Å². The van der Waals surface area contributed by atoms with Gasteiger partial charge in [-0.2, -0.15) is 0 Å². The van der Waals surface area contributed by atoms with Gasteiger partial charge in [-0.15, -0.1) is 0 Å². The number of amides is 1. The molecule has 1 amide bonds. The zero-order valence-electron chi connectivity index (χ0n) is 14.1. The Labute approximate surface area is 146 Å². The molecule has 4 nitrogen and oxygen atoms in total. The van der Waals surface area contributed by atoms with Crippen LogP contribution in [-0.4, -0.2) is 22.5 Å². The fourth-order valence-corrected chi connectivity index (χ4v) is 4.81. The maximum Gasteiger partial charge on any atom is 0.226 e. The first-order valence-electron chi connectivity index (χ1n) is 9.18. The standard InChI is InChI=1S/C20H21FN2O2/c21-14-5-3-4-13(10-14)18-15-12-23(9-6-17(15)25-22-18)19(24)16-11-20(16)7-1-2-8-20/h3-5,10,16H,1-2,6-9,11-12H2. The van der Waals surface area contributed by atoms with E-state index in [4.69, 9.17) is 4.52 Å². The number of fused-ring (bicyclic) bond motifs is 1. The summed E-state index contributed by atoms with van der Waals surface area (Å²) < 4.78 is 19.0. The van der Waals surface area contributed by atoms with Gasteiger partial charge in [-0.3, -0.25) is 4.79 Å². The van der Waals surface area contributed by atoms with E-state index in [2.05, 4.69) is 5.16 Å². The Kier molecular flexibility index (Phi) is 3.27. The van der Waals surface area contributed by atoms with Crippen molar-refractivity contribution in [3.05, 3.63) is 41.4 Å². The van der Waals surface area contributed by atoms with Gasteiger partial charge in [-0.1, -0.05) is 30.1 Å². The number of hydrogen-bond donors (Lipinski definition) is 0. The third kappa shape index (κ3) is 2.40. The van der Waals surface area contributed by atoms with E-state index in [-0.39, 0.29) is 11.7 Å². The van der Waals surface area contributed by atoms with Crippen LogP contribution in [0.3, 0.4) is 0 Å². The quantitative estimate of drug-likeness (QED) is 0.832. The summed E-state index contributed by atoms with van der Waals surface area (Å²) in [6.45, 7) is 1.21. The Bertz CT molecular complexity index is 838. The van der Waals surface area contributed by atoms with Gasteiger partial charge in [-0.05, 0) is 36.8 Å². The number of hydrogen-bond acceptors (Lipinski definition) is 3. The van der Waals surface area contributed by atoms with Gasteiger partial charge < -0.3 is 9.42 Å². The first-order chi connectivity index (χ1) is 12.2. The molecule has 5 rings (SSSR count). The molecule has 0 radical (unpaired) electrons. The van der Waals surface area contributed by atoms with Crippen LogP contribution in [0, 0.1) is 17.2 Å². The molecule has 1 spiro atoms. The Hall–Kier alpha value is -2.17. The van der Waals surface area contributed by atoms with Crippen molar-refractivity contribution in [1.82, 2.24) is 10.1 Å². The summed E-state index contributed by atoms with van der Waals surface area (Å²) in [6.07, 6.45) is 6.71. The minimum absolute atomic E-state index is 0.217. The number of carbonyl (C=O) groups is 1. The fraction of sp³-hybridized carbons (Fsp3) is 0.500. The number of rotatable bonds is 2. The maximum absolute atomic E-state index is 13.6. The second kappa shape index (κ2) is 5.41. The van der Waals surface area contributed by atoms with Gasteiger partial charge >= 0.3 is 0 Å². The van der Waals surface area contributed by atoms with Crippen molar-refractivity contribution in [3.8, 4) is 11.3 Å². The van der Waals surface area contributed by atoms with E-state index < -0.39 is 0 Å². The number of benzene rings is 1. The lowest BCUT2D eigenvalue weighted by Crippen LogP contribution is -2.37. The first-order valence-corrected chi connectivity index (χ1v) is 9.18. The Morgan fingerprint density at radius 3 is 2.96 bits per heavy atom. The lowest BCUT2D eigenvalue weighted by molar-refractivity contribution is -0.134. The van der Waals surface area contributed by atoms with Crippen LogP contribution in [0.5, 0.6) is 0 Å². The molecule has 130 valence electrons. The van der Waals surface area contributed by atoms with E-state index in [0.29, 0.717) is 42.1 Å². The second-order valence-electron chi connectivity index (χ2n) is 7.78. The molecular formula is C20H21FN2O2. The topological polar surface area (TPSA) is 46.3 Å². The van der Waals surface area contributed by atoms with Crippen molar-refractivity contribution in [1.29, 1.82) is 0 Å². The van der Waals surface area contributed by atoms with Crippen molar-refractivity contribution in [2.24, 2.45) is 11.3 Å². The van der Waals surface area contributed by atoms with Crippen LogP contribution in [0.4, 0.5) is 4.39 Å². The van der Waals surface area contributed by atoms with Crippen LogP contribution >= 0.6 is 0 Å². The molecule has 2 fully saturated rings. The monoisotopic (exact) mass is 340 g/mol. The molecule has 3 aliphatic rings. The molecule has 25 heavy (non-hydrogen) atoms. The van der Waals surface area contributed by atoms with E-state index in [1.54, 1.807) is 6.07 Å². The van der Waals surface area contributed by atoms with Gasteiger partial charge in [0.15, 0.2) is 0 Å². The number of carbonyl (C=O) groups excluding carboxylic acids is 1. The molecule has 2 aromatic rings. The molecule has 5 heteroatoms. The average molecular weight is 340 g/mol. The molecule has 2 heterocycles.